The summed E-state index contributed by atoms with van der Waals surface area (Å²) in [6.45, 7) is 6.11. The van der Waals surface area contributed by atoms with Crippen LogP contribution in [-0.4, -0.2) is 72.6 Å². The first-order chi connectivity index (χ1) is 18.9. The van der Waals surface area contributed by atoms with Gasteiger partial charge in [-0.15, -0.1) is 0 Å². The highest BCUT2D eigenvalue weighted by Gasteiger charge is 2.24. The van der Waals surface area contributed by atoms with Crippen LogP contribution in [0, 0.1) is 18.6 Å². The number of morpholine rings is 1. The summed E-state index contributed by atoms with van der Waals surface area (Å²) < 4.78 is 38.7. The first-order valence-corrected chi connectivity index (χ1v) is 13.1. The largest absolute Gasteiger partial charge is 0.464 e. The second-order valence-electron chi connectivity index (χ2n) is 9.53. The number of carbonyl (C=O) groups excluding carboxylic acids is 2. The molecule has 2 heterocycles. The molecule has 0 spiro atoms. The van der Waals surface area contributed by atoms with Gasteiger partial charge in [0.05, 0.1) is 25.4 Å². The maximum atomic E-state index is 14.3. The summed E-state index contributed by atoms with van der Waals surface area (Å²) >= 11 is 0. The summed E-state index contributed by atoms with van der Waals surface area (Å²) in [4.78, 5) is 32.1. The SMILES string of the molecule is Cc1ccc(CN(Cc2ccccc2)C(=O)CN(CCCN2CCOCC2)C(=O)Nc2ccc(F)cc2F)o1. The van der Waals surface area contributed by atoms with Gasteiger partial charge in [-0.2, -0.15) is 0 Å². The molecule has 1 aromatic heterocycles. The van der Waals surface area contributed by atoms with Crippen LogP contribution in [-0.2, 0) is 22.6 Å². The maximum absolute atomic E-state index is 14.3. The Morgan fingerprint density at radius 1 is 0.974 bits per heavy atom. The number of nitrogens with zero attached hydrogens (tertiary/aromatic N) is 3. The highest BCUT2D eigenvalue weighted by atomic mass is 19.1. The molecule has 0 atom stereocenters. The Balaban J connectivity index is 1.48. The first-order valence-electron chi connectivity index (χ1n) is 13.1. The van der Waals surface area contributed by atoms with Crippen LogP contribution >= 0.6 is 0 Å². The predicted molar refractivity (Wildman–Crippen MR) is 143 cm³/mol. The Bertz CT molecular complexity index is 1230. The zero-order valence-corrected chi connectivity index (χ0v) is 22.1. The maximum Gasteiger partial charge on any atom is 0.322 e. The van der Waals surface area contributed by atoms with E-state index in [1.165, 1.54) is 4.90 Å². The summed E-state index contributed by atoms with van der Waals surface area (Å²) in [6.07, 6.45) is 0.614. The summed E-state index contributed by atoms with van der Waals surface area (Å²) in [5.41, 5.74) is 0.782. The van der Waals surface area contributed by atoms with E-state index in [1.807, 2.05) is 49.4 Å². The fourth-order valence-corrected chi connectivity index (χ4v) is 4.41. The van der Waals surface area contributed by atoms with Gasteiger partial charge in [0, 0.05) is 38.8 Å². The van der Waals surface area contributed by atoms with Crippen LogP contribution in [0.25, 0.3) is 0 Å². The minimum atomic E-state index is -0.887. The van der Waals surface area contributed by atoms with Crippen LogP contribution in [0.1, 0.15) is 23.5 Å². The van der Waals surface area contributed by atoms with Gasteiger partial charge in [-0.25, -0.2) is 13.6 Å². The zero-order valence-electron chi connectivity index (χ0n) is 22.1. The lowest BCUT2D eigenvalue weighted by Gasteiger charge is -2.30. The van der Waals surface area contributed by atoms with Crippen LogP contribution in [0.15, 0.2) is 65.1 Å². The smallest absolute Gasteiger partial charge is 0.322 e. The molecule has 208 valence electrons. The van der Waals surface area contributed by atoms with Crippen molar-refractivity contribution in [3.63, 3.8) is 0 Å². The summed E-state index contributed by atoms with van der Waals surface area (Å²) in [6, 6.07) is 15.5. The molecule has 0 saturated carbocycles. The fourth-order valence-electron chi connectivity index (χ4n) is 4.41. The highest BCUT2D eigenvalue weighted by Crippen LogP contribution is 2.17. The molecule has 1 aliphatic rings. The molecular weight excluding hydrogens is 506 g/mol. The number of hydrogen-bond acceptors (Lipinski definition) is 5. The highest BCUT2D eigenvalue weighted by molar-refractivity contribution is 5.92. The van der Waals surface area contributed by atoms with Crippen molar-refractivity contribution in [3.8, 4) is 0 Å². The molecule has 0 unspecified atom stereocenters. The third kappa shape index (κ3) is 8.62. The zero-order chi connectivity index (χ0) is 27.6. The van der Waals surface area contributed by atoms with E-state index in [0.29, 0.717) is 38.0 Å². The Hall–Kier alpha value is -3.76. The summed E-state index contributed by atoms with van der Waals surface area (Å²) in [7, 11) is 0. The Morgan fingerprint density at radius 2 is 1.74 bits per heavy atom. The molecule has 0 radical (unpaired) electrons. The summed E-state index contributed by atoms with van der Waals surface area (Å²) in [5.74, 6) is -0.542. The molecule has 3 aromatic rings. The van der Waals surface area contributed by atoms with Crippen LogP contribution in [0.2, 0.25) is 0 Å². The number of ether oxygens (including phenoxy) is 1. The molecule has 1 N–H and O–H groups in total. The van der Waals surface area contributed by atoms with Gasteiger partial charge in [-0.05, 0) is 43.2 Å². The van der Waals surface area contributed by atoms with Crippen molar-refractivity contribution in [1.29, 1.82) is 0 Å². The Morgan fingerprint density at radius 3 is 2.44 bits per heavy atom. The Labute approximate surface area is 227 Å². The molecule has 4 rings (SSSR count). The van der Waals surface area contributed by atoms with Crippen molar-refractivity contribution >= 4 is 17.6 Å². The fraction of sp³-hybridized carbons (Fsp3) is 0.379. The Kier molecular flexibility index (Phi) is 10.0. The predicted octanol–water partition coefficient (Wildman–Crippen LogP) is 4.65. The molecule has 2 aromatic carbocycles. The molecule has 39 heavy (non-hydrogen) atoms. The van der Waals surface area contributed by atoms with Gasteiger partial charge >= 0.3 is 6.03 Å². The van der Waals surface area contributed by atoms with E-state index in [0.717, 1.165) is 43.1 Å². The van der Waals surface area contributed by atoms with Crippen molar-refractivity contribution in [3.05, 3.63) is 89.4 Å². The van der Waals surface area contributed by atoms with E-state index in [4.69, 9.17) is 9.15 Å². The third-order valence-electron chi connectivity index (χ3n) is 6.50. The number of anilines is 1. The first kappa shape index (κ1) is 28.3. The number of halogens is 2. The minimum Gasteiger partial charge on any atom is -0.464 e. The van der Waals surface area contributed by atoms with Crippen molar-refractivity contribution < 1.29 is 27.5 Å². The average Bonchev–Trinajstić information content (AvgIpc) is 3.34. The molecule has 3 amide bonds. The molecule has 1 saturated heterocycles. The number of benzene rings is 2. The topological polar surface area (TPSA) is 78.3 Å². The molecular formula is C29H34F2N4O4. The van der Waals surface area contributed by atoms with Crippen molar-refractivity contribution in [2.24, 2.45) is 0 Å². The van der Waals surface area contributed by atoms with E-state index < -0.39 is 17.7 Å². The molecule has 8 nitrogen and oxygen atoms in total. The molecule has 0 aliphatic carbocycles. The van der Waals surface area contributed by atoms with Gasteiger partial charge in [0.1, 0.15) is 29.7 Å². The standard InChI is InChI=1S/C29H34F2N4O4/c1-22-8-10-25(39-22)20-35(19-23-6-3-2-4-7-23)28(36)21-34(13-5-12-33-14-16-38-17-15-33)29(37)32-27-11-9-24(30)18-26(27)31/h2-4,6-11,18H,5,12-17,19-21H2,1H3,(H,32,37). The van der Waals surface area contributed by atoms with Gasteiger partial charge in [0.15, 0.2) is 0 Å². The lowest BCUT2D eigenvalue weighted by Crippen LogP contribution is -2.45. The second-order valence-corrected chi connectivity index (χ2v) is 9.53. The number of aryl methyl sites for hydroxylation is 1. The van der Waals surface area contributed by atoms with Crippen LogP contribution in [0.5, 0.6) is 0 Å². The quantitative estimate of drug-likeness (QED) is 0.383. The normalized spacial score (nSPS) is 13.7. The van der Waals surface area contributed by atoms with E-state index >= 15 is 0 Å². The number of amides is 3. The molecule has 1 fully saturated rings. The van der Waals surface area contributed by atoms with Gasteiger partial charge < -0.3 is 24.3 Å². The van der Waals surface area contributed by atoms with Crippen LogP contribution in [0.4, 0.5) is 19.3 Å². The molecule has 10 heteroatoms. The van der Waals surface area contributed by atoms with Crippen molar-refractivity contribution in [2.45, 2.75) is 26.4 Å². The van der Waals surface area contributed by atoms with Gasteiger partial charge in [-0.3, -0.25) is 9.69 Å². The number of nitrogens with one attached hydrogen (secondary N) is 1. The molecule has 1 aliphatic heterocycles. The van der Waals surface area contributed by atoms with Gasteiger partial charge in [0.2, 0.25) is 5.91 Å². The van der Waals surface area contributed by atoms with E-state index in [9.17, 15) is 18.4 Å². The van der Waals surface area contributed by atoms with Gasteiger partial charge in [0.25, 0.3) is 0 Å². The monoisotopic (exact) mass is 540 g/mol. The lowest BCUT2D eigenvalue weighted by molar-refractivity contribution is -0.133. The number of hydrogen-bond donors (Lipinski definition) is 1. The van der Waals surface area contributed by atoms with Crippen molar-refractivity contribution in [1.82, 2.24) is 14.7 Å². The number of urea groups is 1. The van der Waals surface area contributed by atoms with Crippen molar-refractivity contribution in [2.75, 3.05) is 51.3 Å². The van der Waals surface area contributed by atoms with E-state index in [2.05, 4.69) is 10.2 Å². The van der Waals surface area contributed by atoms with E-state index in [-0.39, 0.29) is 31.2 Å². The minimum absolute atomic E-state index is 0.153. The third-order valence-corrected chi connectivity index (χ3v) is 6.50. The van der Waals surface area contributed by atoms with Crippen LogP contribution < -0.4 is 5.32 Å². The average molecular weight is 541 g/mol. The van der Waals surface area contributed by atoms with E-state index in [1.54, 1.807) is 4.90 Å². The van der Waals surface area contributed by atoms with Gasteiger partial charge in [-0.1, -0.05) is 30.3 Å². The van der Waals surface area contributed by atoms with Crippen LogP contribution in [0.3, 0.4) is 0 Å². The lowest BCUT2D eigenvalue weighted by atomic mass is 10.2. The second kappa shape index (κ2) is 13.9. The number of furan rings is 1. The molecule has 0 bridgehead atoms. The number of carbonyl (C=O) groups is 2. The number of rotatable bonds is 11. The summed E-state index contributed by atoms with van der Waals surface area (Å²) in [5, 5.41) is 2.50.